The van der Waals surface area contributed by atoms with Crippen LogP contribution in [0, 0.1) is 11.3 Å². The molecule has 0 radical (unpaired) electrons. The SMILES string of the molecule is N#CCCS(=O)(=O)O. The molecule has 0 fully saturated rings. The van der Waals surface area contributed by atoms with Gasteiger partial charge >= 0.3 is 0 Å². The first-order valence-electron chi connectivity index (χ1n) is 1.88. The van der Waals surface area contributed by atoms with Crippen molar-refractivity contribution in [2.45, 2.75) is 6.42 Å². The Balaban J connectivity index is 3.63. The summed E-state index contributed by atoms with van der Waals surface area (Å²) in [6.45, 7) is 0. The number of hydrogen-bond acceptors (Lipinski definition) is 3. The molecule has 0 saturated carbocycles. The fraction of sp³-hybridized carbons (Fsp3) is 0.667. The normalized spacial score (nSPS) is 10.5. The summed E-state index contributed by atoms with van der Waals surface area (Å²) >= 11 is 0. The van der Waals surface area contributed by atoms with Crippen LogP contribution in [-0.4, -0.2) is 18.7 Å². The quantitative estimate of drug-likeness (QED) is 0.531. The van der Waals surface area contributed by atoms with E-state index in [0.29, 0.717) is 0 Å². The molecule has 8 heavy (non-hydrogen) atoms. The summed E-state index contributed by atoms with van der Waals surface area (Å²) in [5.41, 5.74) is 0. The zero-order valence-electron chi connectivity index (χ0n) is 4.03. The summed E-state index contributed by atoms with van der Waals surface area (Å²) in [4.78, 5) is 0. The maximum absolute atomic E-state index is 9.79. The van der Waals surface area contributed by atoms with E-state index >= 15 is 0 Å². The highest BCUT2D eigenvalue weighted by molar-refractivity contribution is 7.85. The van der Waals surface area contributed by atoms with Crippen LogP contribution in [0.2, 0.25) is 0 Å². The molecule has 0 aliphatic carbocycles. The molecule has 0 spiro atoms. The third-order valence-corrected chi connectivity index (χ3v) is 1.19. The first-order chi connectivity index (χ1) is 3.56. The molecule has 0 unspecified atom stereocenters. The minimum absolute atomic E-state index is 0.154. The topological polar surface area (TPSA) is 78.2 Å². The van der Waals surface area contributed by atoms with Crippen LogP contribution >= 0.6 is 0 Å². The first kappa shape index (κ1) is 7.40. The second kappa shape index (κ2) is 2.64. The maximum atomic E-state index is 9.79. The van der Waals surface area contributed by atoms with Crippen LogP contribution in [0.3, 0.4) is 0 Å². The van der Waals surface area contributed by atoms with E-state index in [1.807, 2.05) is 0 Å². The Morgan fingerprint density at radius 3 is 2.25 bits per heavy atom. The van der Waals surface area contributed by atoms with Gasteiger partial charge in [0.25, 0.3) is 10.1 Å². The standard InChI is InChI=1S/C3H5NO3S/c4-2-1-3-8(5,6)7/h1,3H2,(H,5,6,7). The molecule has 0 aromatic rings. The second-order valence-corrected chi connectivity index (χ2v) is 2.77. The highest BCUT2D eigenvalue weighted by Crippen LogP contribution is 1.84. The third kappa shape index (κ3) is 5.40. The molecule has 4 nitrogen and oxygen atoms in total. The van der Waals surface area contributed by atoms with Gasteiger partial charge in [-0.25, -0.2) is 0 Å². The van der Waals surface area contributed by atoms with E-state index < -0.39 is 15.9 Å². The first-order valence-corrected chi connectivity index (χ1v) is 3.49. The van der Waals surface area contributed by atoms with Crippen molar-refractivity contribution < 1.29 is 13.0 Å². The molecule has 0 atom stereocenters. The molecule has 0 aliphatic rings. The molecule has 0 aromatic carbocycles. The van der Waals surface area contributed by atoms with Crippen LogP contribution in [0.1, 0.15) is 6.42 Å². The van der Waals surface area contributed by atoms with E-state index in [1.165, 1.54) is 0 Å². The lowest BCUT2D eigenvalue weighted by Gasteiger charge is -1.84. The molecule has 1 N–H and O–H groups in total. The summed E-state index contributed by atoms with van der Waals surface area (Å²) in [6.07, 6.45) is -0.154. The Morgan fingerprint density at radius 1 is 1.62 bits per heavy atom. The van der Waals surface area contributed by atoms with Crippen molar-refractivity contribution in [3.63, 3.8) is 0 Å². The number of hydrogen-bond donors (Lipinski definition) is 1. The second-order valence-electron chi connectivity index (χ2n) is 1.19. The van der Waals surface area contributed by atoms with Crippen LogP contribution in [0.15, 0.2) is 0 Å². The average molecular weight is 135 g/mol. The van der Waals surface area contributed by atoms with Crippen LogP contribution in [0.5, 0.6) is 0 Å². The zero-order valence-corrected chi connectivity index (χ0v) is 4.85. The van der Waals surface area contributed by atoms with E-state index in [2.05, 4.69) is 0 Å². The van der Waals surface area contributed by atoms with E-state index in [9.17, 15) is 8.42 Å². The molecule has 0 aromatic heterocycles. The van der Waals surface area contributed by atoms with Gasteiger partial charge in [0, 0.05) is 0 Å². The Labute approximate surface area is 47.5 Å². The van der Waals surface area contributed by atoms with Gasteiger partial charge in [0.15, 0.2) is 0 Å². The zero-order chi connectivity index (χ0) is 6.62. The Morgan fingerprint density at radius 2 is 2.12 bits per heavy atom. The lowest BCUT2D eigenvalue weighted by atomic mass is 10.6. The molecule has 5 heteroatoms. The lowest BCUT2D eigenvalue weighted by molar-refractivity contribution is 0.483. The lowest BCUT2D eigenvalue weighted by Crippen LogP contribution is -2.01. The predicted molar refractivity (Wildman–Crippen MR) is 26.6 cm³/mol. The predicted octanol–water partition coefficient (Wildman–Crippen LogP) is -0.212. The van der Waals surface area contributed by atoms with Gasteiger partial charge < -0.3 is 0 Å². The molecule has 0 bridgehead atoms. The molecule has 0 aliphatic heterocycles. The molecular weight excluding hydrogens is 130 g/mol. The Hall–Kier alpha value is -0.600. The van der Waals surface area contributed by atoms with E-state index in [-0.39, 0.29) is 6.42 Å². The molecule has 46 valence electrons. The minimum Gasteiger partial charge on any atom is -0.286 e. The summed E-state index contributed by atoms with van der Waals surface area (Å²) in [7, 11) is -3.91. The van der Waals surface area contributed by atoms with Gasteiger partial charge in [-0.2, -0.15) is 13.7 Å². The fourth-order valence-corrected chi connectivity index (χ4v) is 0.524. The number of nitriles is 1. The van der Waals surface area contributed by atoms with Crippen molar-refractivity contribution >= 4 is 10.1 Å². The monoisotopic (exact) mass is 135 g/mol. The van der Waals surface area contributed by atoms with Gasteiger partial charge in [-0.1, -0.05) is 0 Å². The highest BCUT2D eigenvalue weighted by atomic mass is 32.2. The molecule has 0 rings (SSSR count). The van der Waals surface area contributed by atoms with Crippen LogP contribution in [0.4, 0.5) is 0 Å². The average Bonchev–Trinajstić information content (AvgIpc) is 1.59. The smallest absolute Gasteiger partial charge is 0.265 e. The van der Waals surface area contributed by atoms with Crippen molar-refractivity contribution in [2.24, 2.45) is 0 Å². The van der Waals surface area contributed by atoms with Crippen molar-refractivity contribution in [3.05, 3.63) is 0 Å². The number of nitrogens with zero attached hydrogens (tertiary/aromatic N) is 1. The summed E-state index contributed by atoms with van der Waals surface area (Å²) in [5, 5.41) is 7.80. The number of rotatable bonds is 2. The van der Waals surface area contributed by atoms with Crippen LogP contribution in [-0.2, 0) is 10.1 Å². The van der Waals surface area contributed by atoms with Gasteiger partial charge in [-0.15, -0.1) is 0 Å². The van der Waals surface area contributed by atoms with Gasteiger partial charge in [0.05, 0.1) is 18.2 Å². The van der Waals surface area contributed by atoms with Crippen molar-refractivity contribution in [1.29, 1.82) is 5.26 Å². The van der Waals surface area contributed by atoms with Crippen molar-refractivity contribution in [1.82, 2.24) is 0 Å². The molecule has 0 amide bonds. The molecule has 0 heterocycles. The largest absolute Gasteiger partial charge is 0.286 e. The summed E-state index contributed by atoms with van der Waals surface area (Å²) in [6, 6.07) is 1.59. The van der Waals surface area contributed by atoms with Crippen molar-refractivity contribution in [3.8, 4) is 6.07 Å². The molecular formula is C3H5NO3S. The highest BCUT2D eigenvalue weighted by Gasteiger charge is 2.00. The van der Waals surface area contributed by atoms with E-state index in [4.69, 9.17) is 9.81 Å². The third-order valence-electron chi connectivity index (χ3n) is 0.472. The van der Waals surface area contributed by atoms with Crippen LogP contribution in [0.25, 0.3) is 0 Å². The Bertz CT molecular complexity index is 187. The summed E-state index contributed by atoms with van der Waals surface area (Å²) < 4.78 is 27.6. The van der Waals surface area contributed by atoms with Crippen molar-refractivity contribution in [2.75, 3.05) is 5.75 Å². The van der Waals surface area contributed by atoms with Gasteiger partial charge in [0.1, 0.15) is 0 Å². The summed E-state index contributed by atoms with van der Waals surface area (Å²) in [5.74, 6) is -0.469. The van der Waals surface area contributed by atoms with Gasteiger partial charge in [0.2, 0.25) is 0 Å². The van der Waals surface area contributed by atoms with Gasteiger partial charge in [-0.3, -0.25) is 4.55 Å². The van der Waals surface area contributed by atoms with E-state index in [0.717, 1.165) is 0 Å². The minimum atomic E-state index is -3.91. The molecule has 0 saturated heterocycles. The maximum Gasteiger partial charge on any atom is 0.265 e. The Kier molecular flexibility index (Phi) is 2.45. The van der Waals surface area contributed by atoms with Gasteiger partial charge in [-0.05, 0) is 0 Å². The van der Waals surface area contributed by atoms with E-state index in [1.54, 1.807) is 6.07 Å². The van der Waals surface area contributed by atoms with Crippen LogP contribution < -0.4 is 0 Å². The fourth-order valence-electron chi connectivity index (χ4n) is 0.175.